The van der Waals surface area contributed by atoms with Crippen molar-refractivity contribution in [3.8, 4) is 5.75 Å². The van der Waals surface area contributed by atoms with E-state index in [1.807, 2.05) is 20.8 Å². The van der Waals surface area contributed by atoms with Gasteiger partial charge in [0.25, 0.3) is 0 Å². The van der Waals surface area contributed by atoms with Gasteiger partial charge in [-0.05, 0) is 30.7 Å². The number of aromatic nitrogens is 2. The predicted octanol–water partition coefficient (Wildman–Crippen LogP) is 3.09. The number of ether oxygens (including phenoxy) is 1. The first-order valence-electron chi connectivity index (χ1n) is 8.44. The first kappa shape index (κ1) is 21.9. The van der Waals surface area contributed by atoms with Gasteiger partial charge in [0.1, 0.15) is 12.4 Å². The lowest BCUT2D eigenvalue weighted by atomic mass is 9.96. The number of carbonyl (C=O) groups is 1. The number of carbonyl (C=O) groups excluding carboxylic acids is 1. The fourth-order valence-electron chi connectivity index (χ4n) is 2.10. The summed E-state index contributed by atoms with van der Waals surface area (Å²) in [5.41, 5.74) is 5.98. The molecule has 144 valence electrons. The van der Waals surface area contributed by atoms with Gasteiger partial charge >= 0.3 is 0 Å². The molecule has 3 N–H and O–H groups in total. The molecule has 0 radical (unpaired) electrons. The van der Waals surface area contributed by atoms with Crippen LogP contribution in [0.3, 0.4) is 0 Å². The summed E-state index contributed by atoms with van der Waals surface area (Å²) in [6.45, 7) is 7.03. The Morgan fingerprint density at radius 1 is 1.27 bits per heavy atom. The Kier molecular flexibility index (Phi) is 8.54. The average molecular weight is 383 g/mol. The third-order valence-electron chi connectivity index (χ3n) is 3.46. The zero-order valence-electron chi connectivity index (χ0n) is 15.4. The molecule has 0 saturated heterocycles. The highest BCUT2D eigenvalue weighted by Crippen LogP contribution is 2.19. The van der Waals surface area contributed by atoms with Gasteiger partial charge in [-0.2, -0.15) is 4.98 Å². The fourth-order valence-corrected chi connectivity index (χ4v) is 2.10. The molecule has 0 bridgehead atoms. The van der Waals surface area contributed by atoms with E-state index in [9.17, 15) is 4.79 Å². The molecular weight excluding hydrogens is 356 g/mol. The van der Waals surface area contributed by atoms with E-state index < -0.39 is 0 Å². The smallest absolute Gasteiger partial charge is 0.226 e. The van der Waals surface area contributed by atoms with Crippen molar-refractivity contribution in [1.29, 1.82) is 0 Å². The second-order valence-electron chi connectivity index (χ2n) is 6.82. The number of nitrogens with one attached hydrogen (secondary N) is 1. The molecule has 0 aliphatic rings. The summed E-state index contributed by atoms with van der Waals surface area (Å²) in [7, 11) is 0. The van der Waals surface area contributed by atoms with Crippen molar-refractivity contribution in [2.24, 2.45) is 5.73 Å². The lowest BCUT2D eigenvalue weighted by Gasteiger charge is -2.10. The maximum Gasteiger partial charge on any atom is 0.226 e. The third-order valence-corrected chi connectivity index (χ3v) is 3.46. The van der Waals surface area contributed by atoms with Crippen LogP contribution in [-0.2, 0) is 16.6 Å². The SMILES string of the molecule is CC(C)(C)c1noc(CCCC(=O)Nc2ccc(OCCN)cc2)n1.Cl. The lowest BCUT2D eigenvalue weighted by Crippen LogP contribution is -2.13. The fraction of sp³-hybridized carbons (Fsp3) is 0.500. The van der Waals surface area contributed by atoms with Gasteiger partial charge in [0.15, 0.2) is 5.82 Å². The van der Waals surface area contributed by atoms with E-state index in [2.05, 4.69) is 15.5 Å². The van der Waals surface area contributed by atoms with E-state index in [-0.39, 0.29) is 23.7 Å². The molecule has 1 aromatic carbocycles. The van der Waals surface area contributed by atoms with E-state index in [0.29, 0.717) is 44.1 Å². The number of aryl methyl sites for hydroxylation is 1. The Hall–Kier alpha value is -2.12. The van der Waals surface area contributed by atoms with Crippen LogP contribution >= 0.6 is 12.4 Å². The van der Waals surface area contributed by atoms with Crippen LogP contribution in [0.15, 0.2) is 28.8 Å². The van der Waals surface area contributed by atoms with Crippen molar-refractivity contribution >= 4 is 24.0 Å². The van der Waals surface area contributed by atoms with Crippen molar-refractivity contribution in [2.75, 3.05) is 18.5 Å². The predicted molar refractivity (Wildman–Crippen MR) is 103 cm³/mol. The van der Waals surface area contributed by atoms with Crippen molar-refractivity contribution in [2.45, 2.75) is 45.4 Å². The molecule has 0 spiro atoms. The summed E-state index contributed by atoms with van der Waals surface area (Å²) in [6.07, 6.45) is 1.62. The summed E-state index contributed by atoms with van der Waals surface area (Å²) >= 11 is 0. The summed E-state index contributed by atoms with van der Waals surface area (Å²) in [5, 5.41) is 6.83. The van der Waals surface area contributed by atoms with Gasteiger partial charge in [-0.15, -0.1) is 12.4 Å². The molecule has 7 nitrogen and oxygen atoms in total. The molecular formula is C18H27ClN4O3. The Labute approximate surface area is 160 Å². The van der Waals surface area contributed by atoms with Crippen molar-refractivity contribution < 1.29 is 14.1 Å². The van der Waals surface area contributed by atoms with Gasteiger partial charge in [-0.25, -0.2) is 0 Å². The van der Waals surface area contributed by atoms with Crippen LogP contribution in [-0.4, -0.2) is 29.2 Å². The highest BCUT2D eigenvalue weighted by Gasteiger charge is 2.20. The van der Waals surface area contributed by atoms with Crippen LogP contribution in [0.25, 0.3) is 0 Å². The molecule has 8 heteroatoms. The largest absolute Gasteiger partial charge is 0.492 e. The van der Waals surface area contributed by atoms with E-state index in [1.165, 1.54) is 0 Å². The van der Waals surface area contributed by atoms with Crippen LogP contribution in [0.4, 0.5) is 5.69 Å². The maximum absolute atomic E-state index is 12.0. The highest BCUT2D eigenvalue weighted by atomic mass is 35.5. The zero-order valence-corrected chi connectivity index (χ0v) is 16.3. The average Bonchev–Trinajstić information content (AvgIpc) is 3.03. The molecule has 1 heterocycles. The molecule has 0 saturated carbocycles. The van der Waals surface area contributed by atoms with Crippen LogP contribution in [0, 0.1) is 0 Å². The van der Waals surface area contributed by atoms with E-state index >= 15 is 0 Å². The molecule has 26 heavy (non-hydrogen) atoms. The second-order valence-corrected chi connectivity index (χ2v) is 6.82. The van der Waals surface area contributed by atoms with Crippen molar-refractivity contribution in [3.63, 3.8) is 0 Å². The number of halogens is 1. The molecule has 1 aromatic heterocycles. The number of amides is 1. The summed E-state index contributed by atoms with van der Waals surface area (Å²) in [4.78, 5) is 16.4. The van der Waals surface area contributed by atoms with Gasteiger partial charge in [0.05, 0.1) is 0 Å². The van der Waals surface area contributed by atoms with Crippen molar-refractivity contribution in [3.05, 3.63) is 36.0 Å². The number of hydrogen-bond donors (Lipinski definition) is 2. The summed E-state index contributed by atoms with van der Waals surface area (Å²) in [5.74, 6) is 1.93. The van der Waals surface area contributed by atoms with E-state index in [4.69, 9.17) is 15.0 Å². The van der Waals surface area contributed by atoms with Crippen LogP contribution in [0.2, 0.25) is 0 Å². The first-order valence-corrected chi connectivity index (χ1v) is 8.44. The first-order chi connectivity index (χ1) is 11.9. The second kappa shape index (κ2) is 10.1. The molecule has 0 aliphatic carbocycles. The van der Waals surface area contributed by atoms with Gasteiger partial charge < -0.3 is 20.3 Å². The molecule has 1 amide bonds. The minimum absolute atomic E-state index is 0. The number of anilines is 1. The standard InChI is InChI=1S/C18H26N4O3.ClH/c1-18(2,3)17-21-16(25-22-17)6-4-5-15(23)20-13-7-9-14(10-8-13)24-12-11-19;/h7-10H,4-6,11-12,19H2,1-3H3,(H,20,23);1H. The number of nitrogens with zero attached hydrogens (tertiary/aromatic N) is 2. The highest BCUT2D eigenvalue weighted by molar-refractivity contribution is 5.90. The minimum atomic E-state index is -0.140. The van der Waals surface area contributed by atoms with Gasteiger partial charge in [-0.1, -0.05) is 25.9 Å². The Bertz CT molecular complexity index is 680. The van der Waals surface area contributed by atoms with Crippen LogP contribution in [0.5, 0.6) is 5.75 Å². The molecule has 0 atom stereocenters. The zero-order chi connectivity index (χ0) is 18.3. The molecule has 0 unspecified atom stereocenters. The maximum atomic E-state index is 12.0. The molecule has 2 rings (SSSR count). The topological polar surface area (TPSA) is 103 Å². The number of hydrogen-bond acceptors (Lipinski definition) is 6. The van der Waals surface area contributed by atoms with Crippen molar-refractivity contribution in [1.82, 2.24) is 10.1 Å². The summed E-state index contributed by atoms with van der Waals surface area (Å²) < 4.78 is 10.6. The van der Waals surface area contributed by atoms with E-state index in [0.717, 1.165) is 11.4 Å². The Balaban J connectivity index is 0.00000338. The lowest BCUT2D eigenvalue weighted by molar-refractivity contribution is -0.116. The monoisotopic (exact) mass is 382 g/mol. The molecule has 0 fully saturated rings. The Morgan fingerprint density at radius 2 is 1.96 bits per heavy atom. The normalized spacial score (nSPS) is 10.9. The van der Waals surface area contributed by atoms with Crippen LogP contribution in [0.1, 0.15) is 45.3 Å². The quantitative estimate of drug-likeness (QED) is 0.727. The molecule has 0 aliphatic heterocycles. The van der Waals surface area contributed by atoms with Crippen LogP contribution < -0.4 is 15.8 Å². The number of rotatable bonds is 8. The third kappa shape index (κ3) is 7.01. The molecule has 2 aromatic rings. The minimum Gasteiger partial charge on any atom is -0.492 e. The van der Waals surface area contributed by atoms with Gasteiger partial charge in [0, 0.05) is 30.5 Å². The number of nitrogens with two attached hydrogens (primary N) is 1. The summed E-state index contributed by atoms with van der Waals surface area (Å²) in [6, 6.07) is 7.21. The number of benzene rings is 1. The van der Waals surface area contributed by atoms with E-state index in [1.54, 1.807) is 24.3 Å². The van der Waals surface area contributed by atoms with Gasteiger partial charge in [0.2, 0.25) is 11.8 Å². The van der Waals surface area contributed by atoms with Gasteiger partial charge in [-0.3, -0.25) is 4.79 Å². The Morgan fingerprint density at radius 3 is 2.54 bits per heavy atom.